The molecule has 0 saturated carbocycles. The van der Waals surface area contributed by atoms with Gasteiger partial charge >= 0.3 is 0 Å². The van der Waals surface area contributed by atoms with Crippen molar-refractivity contribution in [2.24, 2.45) is 0 Å². The first-order valence-corrected chi connectivity index (χ1v) is 6.61. The fourth-order valence-electron chi connectivity index (χ4n) is 1.59. The second-order valence-electron chi connectivity index (χ2n) is 3.57. The lowest BCUT2D eigenvalue weighted by atomic mass is 10.3. The molecule has 84 valence electrons. The van der Waals surface area contributed by atoms with Crippen molar-refractivity contribution >= 4 is 28.1 Å². The Morgan fingerprint density at radius 3 is 3.27 bits per heavy atom. The molecule has 1 aliphatic heterocycles. The smallest absolute Gasteiger partial charge is 0.185 e. The summed E-state index contributed by atoms with van der Waals surface area (Å²) >= 11 is 7.51. The molecule has 1 atom stereocenters. The van der Waals surface area contributed by atoms with E-state index in [1.807, 2.05) is 0 Å². The molecule has 2 rings (SSSR count). The Morgan fingerprint density at radius 2 is 2.60 bits per heavy atom. The fraction of sp³-hybridized carbons (Fsp3) is 0.700. The highest BCUT2D eigenvalue weighted by atomic mass is 35.5. The van der Waals surface area contributed by atoms with E-state index in [9.17, 15) is 0 Å². The molecular formula is C10H15ClN2OS. The molecule has 1 unspecified atom stereocenters. The van der Waals surface area contributed by atoms with E-state index < -0.39 is 0 Å². The highest BCUT2D eigenvalue weighted by Crippen LogP contribution is 2.23. The molecule has 1 aliphatic rings. The minimum absolute atomic E-state index is 0.148. The van der Waals surface area contributed by atoms with Crippen molar-refractivity contribution in [1.29, 1.82) is 0 Å². The molecule has 0 aromatic carbocycles. The fourth-order valence-corrected chi connectivity index (χ4v) is 2.72. The molecule has 0 aliphatic carbocycles. The largest absolute Gasteiger partial charge is 0.373 e. The van der Waals surface area contributed by atoms with Crippen LogP contribution in [0.25, 0.3) is 0 Å². The molecule has 0 bridgehead atoms. The maximum Gasteiger partial charge on any atom is 0.185 e. The molecule has 3 nitrogen and oxygen atoms in total. The van der Waals surface area contributed by atoms with Crippen LogP contribution in [0.3, 0.4) is 0 Å². The molecule has 0 N–H and O–H groups in total. The predicted molar refractivity (Wildman–Crippen MR) is 64.2 cm³/mol. The number of nitrogens with zero attached hydrogens (tertiary/aromatic N) is 2. The van der Waals surface area contributed by atoms with Crippen molar-refractivity contribution in [3.8, 4) is 0 Å². The summed E-state index contributed by atoms with van der Waals surface area (Å²) in [5, 5.41) is 3.23. The zero-order valence-corrected chi connectivity index (χ0v) is 10.4. The number of rotatable bonds is 3. The summed E-state index contributed by atoms with van der Waals surface area (Å²) in [6, 6.07) is 0. The lowest BCUT2D eigenvalue weighted by Crippen LogP contribution is -2.43. The Hall–Kier alpha value is -0.320. The van der Waals surface area contributed by atoms with Crippen molar-refractivity contribution in [2.75, 3.05) is 30.5 Å². The number of hydrogen-bond acceptors (Lipinski definition) is 4. The number of alkyl halides is 1. The van der Waals surface area contributed by atoms with Gasteiger partial charge in [0.1, 0.15) is 0 Å². The lowest BCUT2D eigenvalue weighted by molar-refractivity contribution is 0.0554. The Balaban J connectivity index is 2.03. The molecule has 1 fully saturated rings. The second-order valence-corrected chi connectivity index (χ2v) is 4.71. The molecule has 2 heterocycles. The van der Waals surface area contributed by atoms with Crippen LogP contribution in [0.2, 0.25) is 0 Å². The average Bonchev–Trinajstić information content (AvgIpc) is 2.78. The SMILES string of the molecule is CCc1csc(N2CCOC(CCl)C2)n1. The summed E-state index contributed by atoms with van der Waals surface area (Å²) in [7, 11) is 0. The van der Waals surface area contributed by atoms with Gasteiger partial charge in [0.2, 0.25) is 0 Å². The maximum atomic E-state index is 5.80. The van der Waals surface area contributed by atoms with Gasteiger partial charge < -0.3 is 9.64 Å². The monoisotopic (exact) mass is 246 g/mol. The van der Waals surface area contributed by atoms with Gasteiger partial charge in [-0.1, -0.05) is 6.92 Å². The van der Waals surface area contributed by atoms with Crippen LogP contribution in [0.5, 0.6) is 0 Å². The first kappa shape index (κ1) is 11.2. The lowest BCUT2D eigenvalue weighted by Gasteiger charge is -2.31. The van der Waals surface area contributed by atoms with Crippen LogP contribution in [-0.2, 0) is 11.2 Å². The molecule has 5 heteroatoms. The Labute approximate surface area is 99.0 Å². The van der Waals surface area contributed by atoms with E-state index in [0.29, 0.717) is 5.88 Å². The van der Waals surface area contributed by atoms with Crippen LogP contribution >= 0.6 is 22.9 Å². The third kappa shape index (κ3) is 2.62. The van der Waals surface area contributed by atoms with E-state index >= 15 is 0 Å². The van der Waals surface area contributed by atoms with Gasteiger partial charge in [-0.2, -0.15) is 0 Å². The van der Waals surface area contributed by atoms with Gasteiger partial charge in [-0.3, -0.25) is 0 Å². The Morgan fingerprint density at radius 1 is 1.73 bits per heavy atom. The minimum Gasteiger partial charge on any atom is -0.373 e. The van der Waals surface area contributed by atoms with Crippen molar-refractivity contribution in [1.82, 2.24) is 4.98 Å². The van der Waals surface area contributed by atoms with E-state index in [0.717, 1.165) is 31.2 Å². The van der Waals surface area contributed by atoms with Crippen molar-refractivity contribution in [3.05, 3.63) is 11.1 Å². The summed E-state index contributed by atoms with van der Waals surface area (Å²) in [5.41, 5.74) is 1.17. The number of hydrogen-bond donors (Lipinski definition) is 0. The average molecular weight is 247 g/mol. The van der Waals surface area contributed by atoms with E-state index in [1.54, 1.807) is 11.3 Å². The number of thiazole rings is 1. The molecule has 0 radical (unpaired) electrons. The van der Waals surface area contributed by atoms with Crippen LogP contribution in [0.4, 0.5) is 5.13 Å². The number of aryl methyl sites for hydroxylation is 1. The molecule has 1 saturated heterocycles. The molecule has 1 aromatic heterocycles. The maximum absolute atomic E-state index is 5.80. The number of aromatic nitrogens is 1. The summed E-state index contributed by atoms with van der Waals surface area (Å²) in [5.74, 6) is 0.558. The van der Waals surface area contributed by atoms with Crippen LogP contribution in [0.1, 0.15) is 12.6 Å². The number of halogens is 1. The van der Waals surface area contributed by atoms with Crippen LogP contribution in [0, 0.1) is 0 Å². The number of ether oxygens (including phenoxy) is 1. The highest BCUT2D eigenvalue weighted by Gasteiger charge is 2.21. The van der Waals surface area contributed by atoms with E-state index in [-0.39, 0.29) is 6.10 Å². The summed E-state index contributed by atoms with van der Waals surface area (Å²) in [6.07, 6.45) is 1.15. The Kier molecular flexibility index (Phi) is 3.83. The number of morpholine rings is 1. The summed E-state index contributed by atoms with van der Waals surface area (Å²) < 4.78 is 5.52. The van der Waals surface area contributed by atoms with Crippen LogP contribution in [0.15, 0.2) is 5.38 Å². The third-order valence-electron chi connectivity index (χ3n) is 2.48. The van der Waals surface area contributed by atoms with Crippen molar-refractivity contribution in [2.45, 2.75) is 19.4 Å². The zero-order valence-electron chi connectivity index (χ0n) is 8.78. The van der Waals surface area contributed by atoms with Gasteiger partial charge in [0.05, 0.1) is 24.3 Å². The second kappa shape index (κ2) is 5.14. The van der Waals surface area contributed by atoms with Gasteiger partial charge in [-0.15, -0.1) is 22.9 Å². The summed E-state index contributed by atoms with van der Waals surface area (Å²) in [4.78, 5) is 6.83. The van der Waals surface area contributed by atoms with E-state index in [4.69, 9.17) is 16.3 Å². The quantitative estimate of drug-likeness (QED) is 0.765. The van der Waals surface area contributed by atoms with Gasteiger partial charge in [-0.05, 0) is 6.42 Å². The molecule has 0 amide bonds. The van der Waals surface area contributed by atoms with Crippen LogP contribution in [-0.4, -0.2) is 36.7 Å². The topological polar surface area (TPSA) is 25.4 Å². The van der Waals surface area contributed by atoms with E-state index in [2.05, 4.69) is 22.2 Å². The molecular weight excluding hydrogens is 232 g/mol. The van der Waals surface area contributed by atoms with Gasteiger partial charge in [0.15, 0.2) is 5.13 Å². The first-order chi connectivity index (χ1) is 7.33. The predicted octanol–water partition coefficient (Wildman–Crippen LogP) is 2.15. The summed E-state index contributed by atoms with van der Waals surface area (Å²) in [6.45, 7) is 4.66. The van der Waals surface area contributed by atoms with Crippen molar-refractivity contribution < 1.29 is 4.74 Å². The highest BCUT2D eigenvalue weighted by molar-refractivity contribution is 7.13. The van der Waals surface area contributed by atoms with Crippen LogP contribution < -0.4 is 4.90 Å². The van der Waals surface area contributed by atoms with Gasteiger partial charge in [-0.25, -0.2) is 4.98 Å². The van der Waals surface area contributed by atoms with Gasteiger partial charge in [0.25, 0.3) is 0 Å². The van der Waals surface area contributed by atoms with E-state index in [1.165, 1.54) is 5.69 Å². The zero-order chi connectivity index (χ0) is 10.7. The molecule has 15 heavy (non-hydrogen) atoms. The van der Waals surface area contributed by atoms with Gasteiger partial charge in [0, 0.05) is 18.5 Å². The normalized spacial score (nSPS) is 22.0. The van der Waals surface area contributed by atoms with Crippen molar-refractivity contribution in [3.63, 3.8) is 0 Å². The Bertz CT molecular complexity index is 318. The number of anilines is 1. The minimum atomic E-state index is 0.148. The molecule has 0 spiro atoms. The third-order valence-corrected chi connectivity index (χ3v) is 3.78. The first-order valence-electron chi connectivity index (χ1n) is 5.20. The molecule has 1 aromatic rings. The standard InChI is InChI=1S/C10H15ClN2OS/c1-2-8-7-15-10(12-8)13-3-4-14-9(5-11)6-13/h7,9H,2-6H2,1H3.